The predicted octanol–water partition coefficient (Wildman–Crippen LogP) is 3.02. The summed E-state index contributed by atoms with van der Waals surface area (Å²) in [6.45, 7) is 9.32. The van der Waals surface area contributed by atoms with Crippen LogP contribution in [0.3, 0.4) is 0 Å². The van der Waals surface area contributed by atoms with Crippen molar-refractivity contribution in [3.63, 3.8) is 0 Å². The zero-order chi connectivity index (χ0) is 16.1. The van der Waals surface area contributed by atoms with E-state index in [2.05, 4.69) is 12.2 Å². The van der Waals surface area contributed by atoms with Crippen LogP contribution in [-0.4, -0.2) is 31.8 Å². The van der Waals surface area contributed by atoms with Gasteiger partial charge in [-0.2, -0.15) is 0 Å². The van der Waals surface area contributed by atoms with E-state index in [1.54, 1.807) is 12.1 Å². The average molecular weight is 307 g/mol. The van der Waals surface area contributed by atoms with E-state index in [0.717, 1.165) is 6.42 Å². The number of rotatable bonds is 8. The largest absolute Gasteiger partial charge is 0.490 e. The van der Waals surface area contributed by atoms with Crippen molar-refractivity contribution in [2.75, 3.05) is 19.8 Å². The Morgan fingerprint density at radius 1 is 1.09 bits per heavy atom. The first-order valence-electron chi connectivity index (χ1n) is 7.97. The van der Waals surface area contributed by atoms with Gasteiger partial charge < -0.3 is 19.5 Å². The minimum atomic E-state index is -0.0979. The maximum absolute atomic E-state index is 12.4. The molecule has 5 nitrogen and oxygen atoms in total. The Morgan fingerprint density at radius 2 is 1.59 bits per heavy atom. The maximum Gasteiger partial charge on any atom is 0.251 e. The fourth-order valence-electron chi connectivity index (χ4n) is 2.29. The van der Waals surface area contributed by atoms with E-state index in [1.807, 2.05) is 20.8 Å². The second-order valence-electron chi connectivity index (χ2n) is 5.39. The van der Waals surface area contributed by atoms with Crippen LogP contribution in [0.1, 0.15) is 44.5 Å². The second-order valence-corrected chi connectivity index (χ2v) is 5.39. The van der Waals surface area contributed by atoms with E-state index in [1.165, 1.54) is 0 Å². The molecule has 1 aromatic rings. The Bertz CT molecular complexity index is 502. The Kier molecular flexibility index (Phi) is 5.52. The first kappa shape index (κ1) is 16.5. The third-order valence-electron chi connectivity index (χ3n) is 3.60. The van der Waals surface area contributed by atoms with E-state index < -0.39 is 0 Å². The van der Waals surface area contributed by atoms with Gasteiger partial charge in [-0.3, -0.25) is 4.79 Å². The Balaban J connectivity index is 2.30. The highest BCUT2D eigenvalue weighted by Crippen LogP contribution is 2.39. The van der Waals surface area contributed by atoms with E-state index in [0.29, 0.717) is 48.6 Å². The SMILES string of the molecule is CCOc1cc(C(=O)NC2CC2C)cc(OCC)c1OCC. The van der Waals surface area contributed by atoms with Crippen molar-refractivity contribution in [3.8, 4) is 17.2 Å². The summed E-state index contributed by atoms with van der Waals surface area (Å²) in [5, 5.41) is 3.02. The Labute approximate surface area is 131 Å². The molecule has 1 N–H and O–H groups in total. The highest BCUT2D eigenvalue weighted by molar-refractivity contribution is 5.96. The quantitative estimate of drug-likeness (QED) is 0.802. The van der Waals surface area contributed by atoms with Crippen LogP contribution in [-0.2, 0) is 0 Å². The van der Waals surface area contributed by atoms with Gasteiger partial charge in [-0.05, 0) is 45.2 Å². The number of carbonyl (C=O) groups excluding carboxylic acids is 1. The van der Waals surface area contributed by atoms with Crippen LogP contribution >= 0.6 is 0 Å². The lowest BCUT2D eigenvalue weighted by Gasteiger charge is -2.17. The smallest absolute Gasteiger partial charge is 0.251 e. The highest BCUT2D eigenvalue weighted by atomic mass is 16.5. The van der Waals surface area contributed by atoms with E-state index >= 15 is 0 Å². The molecule has 1 aromatic carbocycles. The molecule has 0 aromatic heterocycles. The topological polar surface area (TPSA) is 56.8 Å². The van der Waals surface area contributed by atoms with Crippen LogP contribution in [0.4, 0.5) is 0 Å². The molecule has 122 valence electrons. The van der Waals surface area contributed by atoms with Gasteiger partial charge in [0.15, 0.2) is 11.5 Å². The molecule has 1 aliphatic carbocycles. The number of hydrogen-bond donors (Lipinski definition) is 1. The number of ether oxygens (including phenoxy) is 3. The summed E-state index contributed by atoms with van der Waals surface area (Å²) >= 11 is 0. The molecular weight excluding hydrogens is 282 g/mol. The first-order chi connectivity index (χ1) is 10.6. The molecule has 1 aliphatic rings. The van der Waals surface area contributed by atoms with E-state index in [9.17, 15) is 4.79 Å². The standard InChI is InChI=1S/C17H25NO4/c1-5-20-14-9-12(17(19)18-13-8-11(13)4)10-15(21-6-2)16(14)22-7-3/h9-11,13H,5-8H2,1-4H3,(H,18,19). The van der Waals surface area contributed by atoms with Crippen molar-refractivity contribution >= 4 is 5.91 Å². The molecule has 0 aliphatic heterocycles. The van der Waals surface area contributed by atoms with Crippen LogP contribution in [0.15, 0.2) is 12.1 Å². The summed E-state index contributed by atoms with van der Waals surface area (Å²) in [7, 11) is 0. The van der Waals surface area contributed by atoms with Crippen LogP contribution in [0.25, 0.3) is 0 Å². The molecule has 1 amide bonds. The monoisotopic (exact) mass is 307 g/mol. The fraction of sp³-hybridized carbons (Fsp3) is 0.588. The number of nitrogens with one attached hydrogen (secondary N) is 1. The number of amides is 1. The minimum Gasteiger partial charge on any atom is -0.490 e. The summed E-state index contributed by atoms with van der Waals surface area (Å²) in [4.78, 5) is 12.4. The van der Waals surface area contributed by atoms with Gasteiger partial charge in [-0.15, -0.1) is 0 Å². The molecule has 5 heteroatoms. The van der Waals surface area contributed by atoms with Crippen LogP contribution in [0, 0.1) is 5.92 Å². The molecule has 0 radical (unpaired) electrons. The normalized spacial score (nSPS) is 19.5. The van der Waals surface area contributed by atoms with Gasteiger partial charge in [0.2, 0.25) is 5.75 Å². The van der Waals surface area contributed by atoms with Gasteiger partial charge in [0, 0.05) is 11.6 Å². The zero-order valence-electron chi connectivity index (χ0n) is 13.8. The molecular formula is C17H25NO4. The summed E-state index contributed by atoms with van der Waals surface area (Å²) in [5.74, 6) is 2.11. The Morgan fingerprint density at radius 3 is 2.00 bits per heavy atom. The molecule has 0 spiro atoms. The van der Waals surface area contributed by atoms with Crippen LogP contribution in [0.2, 0.25) is 0 Å². The third kappa shape index (κ3) is 3.84. The molecule has 0 bridgehead atoms. The lowest BCUT2D eigenvalue weighted by molar-refractivity contribution is 0.0948. The number of carbonyl (C=O) groups is 1. The molecule has 2 rings (SSSR count). The second kappa shape index (κ2) is 7.38. The first-order valence-corrected chi connectivity index (χ1v) is 7.97. The number of benzene rings is 1. The molecule has 2 unspecified atom stereocenters. The van der Waals surface area contributed by atoms with Gasteiger partial charge in [0.1, 0.15) is 0 Å². The lowest BCUT2D eigenvalue weighted by atomic mass is 10.1. The predicted molar refractivity (Wildman–Crippen MR) is 85.0 cm³/mol. The summed E-state index contributed by atoms with van der Waals surface area (Å²) in [6, 6.07) is 3.73. The van der Waals surface area contributed by atoms with Crippen molar-refractivity contribution in [1.29, 1.82) is 0 Å². The molecule has 0 heterocycles. The number of hydrogen-bond acceptors (Lipinski definition) is 4. The summed E-state index contributed by atoms with van der Waals surface area (Å²) < 4.78 is 16.9. The minimum absolute atomic E-state index is 0.0979. The van der Waals surface area contributed by atoms with Crippen molar-refractivity contribution < 1.29 is 19.0 Å². The molecule has 1 saturated carbocycles. The van der Waals surface area contributed by atoms with Crippen molar-refractivity contribution in [1.82, 2.24) is 5.32 Å². The highest BCUT2D eigenvalue weighted by Gasteiger charge is 2.34. The molecule has 1 fully saturated rings. The zero-order valence-corrected chi connectivity index (χ0v) is 13.8. The molecule has 0 saturated heterocycles. The molecule has 2 atom stereocenters. The fourth-order valence-corrected chi connectivity index (χ4v) is 2.29. The van der Waals surface area contributed by atoms with Crippen molar-refractivity contribution in [2.24, 2.45) is 5.92 Å². The van der Waals surface area contributed by atoms with Crippen LogP contribution in [0.5, 0.6) is 17.2 Å². The Hall–Kier alpha value is -1.91. The maximum atomic E-state index is 12.4. The van der Waals surface area contributed by atoms with E-state index in [4.69, 9.17) is 14.2 Å². The van der Waals surface area contributed by atoms with Gasteiger partial charge in [-0.25, -0.2) is 0 Å². The summed E-state index contributed by atoms with van der Waals surface area (Å²) in [6.07, 6.45) is 1.04. The van der Waals surface area contributed by atoms with Gasteiger partial charge in [-0.1, -0.05) is 6.92 Å². The van der Waals surface area contributed by atoms with Crippen molar-refractivity contribution in [2.45, 2.75) is 40.2 Å². The van der Waals surface area contributed by atoms with Gasteiger partial charge in [0.05, 0.1) is 19.8 Å². The van der Waals surface area contributed by atoms with Crippen LogP contribution < -0.4 is 19.5 Å². The van der Waals surface area contributed by atoms with Gasteiger partial charge >= 0.3 is 0 Å². The van der Waals surface area contributed by atoms with Crippen molar-refractivity contribution in [3.05, 3.63) is 17.7 Å². The van der Waals surface area contributed by atoms with E-state index in [-0.39, 0.29) is 11.9 Å². The summed E-state index contributed by atoms with van der Waals surface area (Å²) in [5.41, 5.74) is 0.537. The third-order valence-corrected chi connectivity index (χ3v) is 3.60. The molecule has 22 heavy (non-hydrogen) atoms. The van der Waals surface area contributed by atoms with Gasteiger partial charge in [0.25, 0.3) is 5.91 Å². The lowest BCUT2D eigenvalue weighted by Crippen LogP contribution is -2.26. The average Bonchev–Trinajstić information content (AvgIpc) is 3.17.